The molecular weight excluding hydrogens is 345 g/mol. The van der Waals surface area contributed by atoms with Crippen LogP contribution >= 0.6 is 0 Å². The molecule has 1 N–H and O–H groups in total. The Balaban J connectivity index is 1.70. The average Bonchev–Trinajstić information content (AvgIpc) is 3.51. The Morgan fingerprint density at radius 1 is 1.26 bits per heavy atom. The zero-order valence-electron chi connectivity index (χ0n) is 15.6. The Bertz CT molecular complexity index is 843. The van der Waals surface area contributed by atoms with Crippen molar-refractivity contribution in [3.8, 4) is 5.75 Å². The normalized spacial score (nSPS) is 14.0. The lowest BCUT2D eigenvalue weighted by Crippen LogP contribution is -2.08. The van der Waals surface area contributed by atoms with Crippen molar-refractivity contribution in [1.82, 2.24) is 0 Å². The number of nitrogens with one attached hydrogen (secondary N) is 1. The molecule has 27 heavy (non-hydrogen) atoms. The van der Waals surface area contributed by atoms with Crippen LogP contribution in [0.1, 0.15) is 30.9 Å². The third-order valence-electron chi connectivity index (χ3n) is 4.61. The predicted molar refractivity (Wildman–Crippen MR) is 104 cm³/mol. The number of hydrogen-bond acceptors (Lipinski definition) is 4. The van der Waals surface area contributed by atoms with Gasteiger partial charge in [0.1, 0.15) is 6.61 Å². The van der Waals surface area contributed by atoms with Crippen LogP contribution in [0.4, 0.5) is 10.1 Å². The number of allylic oxidation sites excluding steroid dienone is 1. The highest BCUT2D eigenvalue weighted by molar-refractivity contribution is 6.16. The molecule has 1 fully saturated rings. The van der Waals surface area contributed by atoms with Gasteiger partial charge in [-0.2, -0.15) is 0 Å². The first-order valence-corrected chi connectivity index (χ1v) is 9.11. The summed E-state index contributed by atoms with van der Waals surface area (Å²) < 4.78 is 24.9. The topological polar surface area (TPSA) is 47.6 Å². The van der Waals surface area contributed by atoms with Gasteiger partial charge in [0.05, 0.1) is 12.7 Å². The predicted octanol–water partition coefficient (Wildman–Crippen LogP) is 4.80. The molecule has 2 aromatic rings. The molecule has 1 aliphatic rings. The lowest BCUT2D eigenvalue weighted by Gasteiger charge is -2.14. The molecule has 3 rings (SSSR count). The van der Waals surface area contributed by atoms with Crippen molar-refractivity contribution in [2.45, 2.75) is 26.4 Å². The number of esters is 1. The van der Waals surface area contributed by atoms with Crippen LogP contribution in [-0.2, 0) is 16.1 Å². The Labute approximate surface area is 159 Å². The Morgan fingerprint density at radius 3 is 2.70 bits per heavy atom. The molecule has 4 nitrogen and oxygen atoms in total. The molecule has 0 aromatic heterocycles. The lowest BCUT2D eigenvalue weighted by atomic mass is 10.00. The van der Waals surface area contributed by atoms with Crippen molar-refractivity contribution >= 4 is 17.2 Å². The molecule has 0 spiro atoms. The first kappa shape index (κ1) is 19.0. The Morgan fingerprint density at radius 2 is 2.04 bits per heavy atom. The number of halogens is 1. The van der Waals surface area contributed by atoms with Crippen LogP contribution in [0.2, 0.25) is 0 Å². The molecule has 1 aliphatic carbocycles. The van der Waals surface area contributed by atoms with E-state index in [9.17, 15) is 9.18 Å². The molecule has 142 valence electrons. The Kier molecular flexibility index (Phi) is 6.12. The van der Waals surface area contributed by atoms with E-state index in [1.54, 1.807) is 19.1 Å². The maximum absolute atomic E-state index is 14.4. The fraction of sp³-hybridized carbons (Fsp3) is 0.318. The minimum Gasteiger partial charge on any atom is -0.486 e. The van der Waals surface area contributed by atoms with Crippen molar-refractivity contribution in [2.24, 2.45) is 5.92 Å². The fourth-order valence-electron chi connectivity index (χ4n) is 2.87. The van der Waals surface area contributed by atoms with Crippen LogP contribution in [0.25, 0.3) is 5.57 Å². The van der Waals surface area contributed by atoms with Gasteiger partial charge in [-0.25, -0.2) is 9.18 Å². The summed E-state index contributed by atoms with van der Waals surface area (Å²) in [7, 11) is 1.35. The van der Waals surface area contributed by atoms with E-state index in [0.29, 0.717) is 5.57 Å². The summed E-state index contributed by atoms with van der Waals surface area (Å²) in [5.41, 5.74) is 2.71. The molecule has 2 aromatic carbocycles. The van der Waals surface area contributed by atoms with E-state index in [-0.39, 0.29) is 12.4 Å². The van der Waals surface area contributed by atoms with Gasteiger partial charge in [-0.3, -0.25) is 0 Å². The molecule has 0 radical (unpaired) electrons. The van der Waals surface area contributed by atoms with Gasteiger partial charge in [0.2, 0.25) is 0 Å². The smallest absolute Gasteiger partial charge is 0.338 e. The minimum atomic E-state index is -0.415. The third kappa shape index (κ3) is 4.88. The van der Waals surface area contributed by atoms with Crippen LogP contribution in [0.5, 0.6) is 5.75 Å². The number of hydrogen-bond donors (Lipinski definition) is 1. The summed E-state index contributed by atoms with van der Waals surface area (Å²) in [5.74, 6) is 0.0766. The van der Waals surface area contributed by atoms with Gasteiger partial charge in [-0.1, -0.05) is 30.3 Å². The molecule has 0 heterocycles. The molecule has 0 amide bonds. The van der Waals surface area contributed by atoms with E-state index >= 15 is 0 Å². The monoisotopic (exact) mass is 369 g/mol. The second-order valence-corrected chi connectivity index (χ2v) is 6.61. The van der Waals surface area contributed by atoms with Crippen molar-refractivity contribution in [3.05, 3.63) is 65.5 Å². The average molecular weight is 369 g/mol. The fourth-order valence-corrected chi connectivity index (χ4v) is 2.87. The Hall–Kier alpha value is -2.82. The highest BCUT2D eigenvalue weighted by atomic mass is 19.1. The van der Waals surface area contributed by atoms with E-state index in [0.717, 1.165) is 29.3 Å². The van der Waals surface area contributed by atoms with E-state index in [1.165, 1.54) is 26.0 Å². The lowest BCUT2D eigenvalue weighted by molar-refractivity contribution is -0.133. The van der Waals surface area contributed by atoms with Gasteiger partial charge in [-0.15, -0.1) is 0 Å². The molecule has 0 bridgehead atoms. The van der Waals surface area contributed by atoms with E-state index < -0.39 is 11.8 Å². The summed E-state index contributed by atoms with van der Waals surface area (Å²) in [6.07, 6.45) is 4.19. The van der Waals surface area contributed by atoms with Crippen molar-refractivity contribution in [1.29, 1.82) is 0 Å². The second kappa shape index (κ2) is 8.71. The quantitative estimate of drug-likeness (QED) is 0.536. The van der Waals surface area contributed by atoms with Crippen LogP contribution in [0, 0.1) is 11.7 Å². The van der Waals surface area contributed by atoms with E-state index in [1.807, 2.05) is 30.3 Å². The number of carbonyl (C=O) groups excluding carboxylic acids is 1. The molecule has 0 unspecified atom stereocenters. The first-order valence-electron chi connectivity index (χ1n) is 9.11. The van der Waals surface area contributed by atoms with Crippen LogP contribution in [0.3, 0.4) is 0 Å². The van der Waals surface area contributed by atoms with Crippen LogP contribution < -0.4 is 10.1 Å². The molecule has 0 saturated heterocycles. The van der Waals surface area contributed by atoms with Gasteiger partial charge in [0, 0.05) is 18.3 Å². The van der Waals surface area contributed by atoms with Gasteiger partial charge in [0.25, 0.3) is 0 Å². The summed E-state index contributed by atoms with van der Waals surface area (Å²) in [6.45, 7) is 2.81. The highest BCUT2D eigenvalue weighted by Gasteiger charge is 2.20. The molecule has 0 aliphatic heterocycles. The van der Waals surface area contributed by atoms with Crippen LogP contribution in [0.15, 0.2) is 48.5 Å². The third-order valence-corrected chi connectivity index (χ3v) is 4.61. The maximum atomic E-state index is 14.4. The molecular formula is C22H24FNO3. The summed E-state index contributed by atoms with van der Waals surface area (Å²) >= 11 is 0. The maximum Gasteiger partial charge on any atom is 0.338 e. The number of carbonyl (C=O) groups is 1. The van der Waals surface area contributed by atoms with E-state index in [4.69, 9.17) is 9.47 Å². The number of ether oxygens (including phenoxy) is 2. The van der Waals surface area contributed by atoms with Crippen molar-refractivity contribution < 1.29 is 18.7 Å². The number of anilines is 1. The van der Waals surface area contributed by atoms with Gasteiger partial charge in [-0.05, 0) is 48.9 Å². The summed E-state index contributed by atoms with van der Waals surface area (Å²) in [4.78, 5) is 12.0. The zero-order valence-corrected chi connectivity index (χ0v) is 15.6. The highest BCUT2D eigenvalue weighted by Crippen LogP contribution is 2.30. The number of methoxy groups -OCH3 is 1. The van der Waals surface area contributed by atoms with Crippen molar-refractivity contribution in [3.63, 3.8) is 0 Å². The standard InChI is InChI=1S/C22H24FNO3/c1-3-18(22(25)26-2)19-7-5-4-6-16(19)14-27-21-11-10-17(12-20(21)23)24-13-15-8-9-15/h3-7,10-12,15,24H,8-9,13-14H2,1-2H3. The van der Waals surface area contributed by atoms with Crippen LogP contribution in [-0.4, -0.2) is 19.6 Å². The molecule has 0 atom stereocenters. The number of rotatable bonds is 8. The summed E-state index contributed by atoms with van der Waals surface area (Å²) in [5, 5.41) is 3.24. The van der Waals surface area contributed by atoms with Crippen molar-refractivity contribution in [2.75, 3.05) is 19.0 Å². The van der Waals surface area contributed by atoms with Gasteiger partial charge in [0.15, 0.2) is 11.6 Å². The molecule has 5 heteroatoms. The first-order chi connectivity index (χ1) is 13.1. The number of benzene rings is 2. The largest absolute Gasteiger partial charge is 0.486 e. The van der Waals surface area contributed by atoms with Gasteiger partial charge < -0.3 is 14.8 Å². The minimum absolute atomic E-state index is 0.149. The van der Waals surface area contributed by atoms with Gasteiger partial charge >= 0.3 is 5.97 Å². The SMILES string of the molecule is CC=C(C(=O)OC)c1ccccc1COc1ccc(NCC2CC2)cc1F. The summed E-state index contributed by atoms with van der Waals surface area (Å²) in [6, 6.07) is 12.3. The molecule has 1 saturated carbocycles. The second-order valence-electron chi connectivity index (χ2n) is 6.61. The zero-order chi connectivity index (χ0) is 19.2. The van der Waals surface area contributed by atoms with E-state index in [2.05, 4.69) is 5.32 Å².